The minimum Gasteiger partial charge on any atom is -0.459 e. The Morgan fingerprint density at radius 2 is 2.43 bits per heavy atom. The first-order valence-corrected chi connectivity index (χ1v) is 4.86. The fourth-order valence-electron chi connectivity index (χ4n) is 2.12. The van der Waals surface area contributed by atoms with Crippen LogP contribution in [0.5, 0.6) is 0 Å². The van der Waals surface area contributed by atoms with Crippen LogP contribution in [0.15, 0.2) is 12.2 Å². The maximum absolute atomic E-state index is 11.6. The Balaban J connectivity index is 2.17. The standard InChI is InChI=1S/C10H14O4/c11-6-8-5-10(9(13)14-8)3-1-7(12)2-4-10/h1,3,7-8,11-12H,2,4-6H2. The van der Waals surface area contributed by atoms with Crippen LogP contribution in [0.2, 0.25) is 0 Å². The molecule has 1 heterocycles. The quantitative estimate of drug-likeness (QED) is 0.459. The summed E-state index contributed by atoms with van der Waals surface area (Å²) in [6, 6.07) is 0. The van der Waals surface area contributed by atoms with Crippen molar-refractivity contribution in [3.8, 4) is 0 Å². The number of carbonyl (C=O) groups excluding carboxylic acids is 1. The van der Waals surface area contributed by atoms with Gasteiger partial charge in [-0.05, 0) is 12.8 Å². The van der Waals surface area contributed by atoms with Crippen LogP contribution in [-0.2, 0) is 9.53 Å². The van der Waals surface area contributed by atoms with Crippen LogP contribution in [0.1, 0.15) is 19.3 Å². The summed E-state index contributed by atoms with van der Waals surface area (Å²) in [5, 5.41) is 18.2. The van der Waals surface area contributed by atoms with Crippen LogP contribution >= 0.6 is 0 Å². The summed E-state index contributed by atoms with van der Waals surface area (Å²) in [5.74, 6) is -0.264. The predicted molar refractivity (Wildman–Crippen MR) is 48.4 cm³/mol. The predicted octanol–water partition coefficient (Wildman–Crippen LogP) is -0.00850. The Morgan fingerprint density at radius 1 is 1.64 bits per heavy atom. The van der Waals surface area contributed by atoms with E-state index in [1.807, 2.05) is 0 Å². The number of rotatable bonds is 1. The van der Waals surface area contributed by atoms with Crippen molar-refractivity contribution in [2.24, 2.45) is 5.41 Å². The number of ether oxygens (including phenoxy) is 1. The molecule has 1 fully saturated rings. The van der Waals surface area contributed by atoms with Crippen LogP contribution in [-0.4, -0.2) is 35.0 Å². The van der Waals surface area contributed by atoms with Gasteiger partial charge in [0, 0.05) is 6.42 Å². The largest absolute Gasteiger partial charge is 0.459 e. The maximum atomic E-state index is 11.6. The lowest BCUT2D eigenvalue weighted by molar-refractivity contribution is -0.148. The van der Waals surface area contributed by atoms with Crippen LogP contribution in [0.3, 0.4) is 0 Å². The van der Waals surface area contributed by atoms with E-state index in [4.69, 9.17) is 9.84 Å². The normalized spacial score (nSPS) is 41.7. The number of aliphatic hydroxyl groups excluding tert-OH is 2. The van der Waals surface area contributed by atoms with E-state index in [1.165, 1.54) is 0 Å². The number of hydrogen-bond donors (Lipinski definition) is 2. The first kappa shape index (κ1) is 9.68. The Bertz CT molecular complexity index is 273. The fourth-order valence-corrected chi connectivity index (χ4v) is 2.12. The minimum absolute atomic E-state index is 0.121. The Kier molecular flexibility index (Phi) is 2.33. The summed E-state index contributed by atoms with van der Waals surface area (Å²) in [5.41, 5.74) is -0.577. The molecular weight excluding hydrogens is 184 g/mol. The van der Waals surface area contributed by atoms with Gasteiger partial charge in [0.25, 0.3) is 0 Å². The van der Waals surface area contributed by atoms with Crippen LogP contribution in [0, 0.1) is 5.41 Å². The van der Waals surface area contributed by atoms with Gasteiger partial charge in [0.05, 0.1) is 18.1 Å². The van der Waals surface area contributed by atoms with Crippen LogP contribution < -0.4 is 0 Å². The molecule has 1 spiro atoms. The third-order valence-corrected chi connectivity index (χ3v) is 3.00. The lowest BCUT2D eigenvalue weighted by Gasteiger charge is -2.25. The second-order valence-corrected chi connectivity index (χ2v) is 4.04. The number of carbonyl (C=O) groups is 1. The smallest absolute Gasteiger partial charge is 0.316 e. The second-order valence-electron chi connectivity index (χ2n) is 4.04. The lowest BCUT2D eigenvalue weighted by atomic mass is 9.76. The van der Waals surface area contributed by atoms with E-state index in [1.54, 1.807) is 12.2 Å². The topological polar surface area (TPSA) is 66.8 Å². The molecule has 0 amide bonds. The molecule has 0 aromatic carbocycles. The molecular formula is C10H14O4. The number of esters is 1. The SMILES string of the molecule is O=C1OC(CO)CC12C=CC(O)CC2. The molecule has 0 aromatic rings. The molecule has 1 aliphatic carbocycles. The van der Waals surface area contributed by atoms with Crippen molar-refractivity contribution in [3.63, 3.8) is 0 Å². The maximum Gasteiger partial charge on any atom is 0.316 e. The zero-order chi connectivity index (χ0) is 10.2. The molecule has 4 nitrogen and oxygen atoms in total. The highest BCUT2D eigenvalue weighted by atomic mass is 16.6. The van der Waals surface area contributed by atoms with E-state index >= 15 is 0 Å². The molecule has 2 aliphatic rings. The average Bonchev–Trinajstić information content (AvgIpc) is 2.49. The molecule has 0 radical (unpaired) electrons. The second kappa shape index (κ2) is 3.37. The summed E-state index contributed by atoms with van der Waals surface area (Å²) in [6.45, 7) is -0.121. The third kappa shape index (κ3) is 1.44. The first-order valence-electron chi connectivity index (χ1n) is 4.86. The molecule has 1 aliphatic heterocycles. The van der Waals surface area contributed by atoms with Gasteiger partial charge in [-0.15, -0.1) is 0 Å². The van der Waals surface area contributed by atoms with Gasteiger partial charge in [0.2, 0.25) is 0 Å². The van der Waals surface area contributed by atoms with Crippen molar-refractivity contribution < 1.29 is 19.7 Å². The van der Waals surface area contributed by atoms with Crippen molar-refractivity contribution in [1.29, 1.82) is 0 Å². The van der Waals surface area contributed by atoms with E-state index in [-0.39, 0.29) is 18.7 Å². The van der Waals surface area contributed by atoms with Crippen molar-refractivity contribution in [2.45, 2.75) is 31.5 Å². The summed E-state index contributed by atoms with van der Waals surface area (Å²) < 4.78 is 5.02. The molecule has 14 heavy (non-hydrogen) atoms. The highest BCUT2D eigenvalue weighted by Crippen LogP contribution is 2.42. The highest BCUT2D eigenvalue weighted by Gasteiger charge is 2.48. The van der Waals surface area contributed by atoms with Gasteiger partial charge in [0.1, 0.15) is 6.10 Å². The van der Waals surface area contributed by atoms with Gasteiger partial charge in [-0.1, -0.05) is 12.2 Å². The zero-order valence-corrected chi connectivity index (χ0v) is 7.85. The molecule has 0 saturated carbocycles. The molecule has 2 rings (SSSR count). The van der Waals surface area contributed by atoms with E-state index in [9.17, 15) is 9.90 Å². The van der Waals surface area contributed by atoms with Gasteiger partial charge < -0.3 is 14.9 Å². The molecule has 1 saturated heterocycles. The molecule has 78 valence electrons. The number of hydrogen-bond acceptors (Lipinski definition) is 4. The van der Waals surface area contributed by atoms with Gasteiger partial charge >= 0.3 is 5.97 Å². The third-order valence-electron chi connectivity index (χ3n) is 3.00. The van der Waals surface area contributed by atoms with Crippen molar-refractivity contribution in [3.05, 3.63) is 12.2 Å². The Hall–Kier alpha value is -0.870. The van der Waals surface area contributed by atoms with E-state index in [0.717, 1.165) is 0 Å². The fraction of sp³-hybridized carbons (Fsp3) is 0.700. The summed E-state index contributed by atoms with van der Waals surface area (Å²) in [6.07, 6.45) is 4.29. The highest BCUT2D eigenvalue weighted by molar-refractivity contribution is 5.81. The molecule has 4 heteroatoms. The van der Waals surface area contributed by atoms with E-state index < -0.39 is 11.5 Å². The van der Waals surface area contributed by atoms with Gasteiger partial charge in [-0.2, -0.15) is 0 Å². The van der Waals surface area contributed by atoms with Gasteiger partial charge in [-0.3, -0.25) is 4.79 Å². The van der Waals surface area contributed by atoms with Crippen LogP contribution in [0.4, 0.5) is 0 Å². The van der Waals surface area contributed by atoms with Crippen molar-refractivity contribution in [2.75, 3.05) is 6.61 Å². The average molecular weight is 198 g/mol. The lowest BCUT2D eigenvalue weighted by Crippen LogP contribution is -2.29. The molecule has 0 bridgehead atoms. The number of cyclic esters (lactones) is 1. The van der Waals surface area contributed by atoms with Gasteiger partial charge in [0.15, 0.2) is 0 Å². The first-order chi connectivity index (χ1) is 6.66. The van der Waals surface area contributed by atoms with Crippen LogP contribution in [0.25, 0.3) is 0 Å². The monoisotopic (exact) mass is 198 g/mol. The Morgan fingerprint density at radius 3 is 2.93 bits per heavy atom. The zero-order valence-electron chi connectivity index (χ0n) is 7.85. The molecule has 3 atom stereocenters. The van der Waals surface area contributed by atoms with Crippen molar-refractivity contribution >= 4 is 5.97 Å². The molecule has 0 aromatic heterocycles. The van der Waals surface area contributed by atoms with E-state index in [2.05, 4.69) is 0 Å². The van der Waals surface area contributed by atoms with E-state index in [0.29, 0.717) is 19.3 Å². The molecule has 2 N–H and O–H groups in total. The number of aliphatic hydroxyl groups is 2. The molecule has 3 unspecified atom stereocenters. The summed E-state index contributed by atoms with van der Waals surface area (Å²) in [7, 11) is 0. The van der Waals surface area contributed by atoms with Crippen molar-refractivity contribution in [1.82, 2.24) is 0 Å². The minimum atomic E-state index is -0.577. The Labute approximate surface area is 82.2 Å². The van der Waals surface area contributed by atoms with Gasteiger partial charge in [-0.25, -0.2) is 0 Å². The summed E-state index contributed by atoms with van der Waals surface area (Å²) in [4.78, 5) is 11.6. The summed E-state index contributed by atoms with van der Waals surface area (Å²) >= 11 is 0.